The van der Waals surface area contributed by atoms with Crippen molar-refractivity contribution in [1.82, 2.24) is 10.6 Å². The Morgan fingerprint density at radius 2 is 1.87 bits per heavy atom. The highest BCUT2D eigenvalue weighted by atomic mass is 16.6. The lowest BCUT2D eigenvalue weighted by atomic mass is 10.1. The predicted molar refractivity (Wildman–Crippen MR) is 101 cm³/mol. The van der Waals surface area contributed by atoms with E-state index in [-0.39, 0.29) is 48.1 Å². The summed E-state index contributed by atoms with van der Waals surface area (Å²) in [6.07, 6.45) is 0. The number of nitro groups is 1. The molecular weight excluding hydrogens is 402 g/mol. The number of rotatable bonds is 9. The monoisotopic (exact) mass is 423 g/mol. The highest BCUT2D eigenvalue weighted by molar-refractivity contribution is 5.96. The fourth-order valence-corrected chi connectivity index (χ4v) is 2.58. The van der Waals surface area contributed by atoms with Gasteiger partial charge in [-0.3, -0.25) is 10.1 Å². The first-order valence-corrected chi connectivity index (χ1v) is 8.92. The number of carbonyl (C=O) groups is 3. The van der Waals surface area contributed by atoms with Gasteiger partial charge in [0.15, 0.2) is 11.5 Å². The smallest absolute Gasteiger partial charge is 0.345 e. The maximum atomic E-state index is 12.6. The maximum absolute atomic E-state index is 12.6. The minimum absolute atomic E-state index is 0.0201. The van der Waals surface area contributed by atoms with E-state index in [4.69, 9.17) is 18.9 Å². The van der Waals surface area contributed by atoms with Gasteiger partial charge < -0.3 is 29.6 Å². The molecule has 0 aliphatic carbocycles. The molecule has 1 aliphatic rings. The van der Waals surface area contributed by atoms with Crippen molar-refractivity contribution in [1.29, 1.82) is 0 Å². The predicted octanol–water partition coefficient (Wildman–Crippen LogP) is 1.29. The molecule has 162 valence electrons. The van der Waals surface area contributed by atoms with E-state index >= 15 is 0 Å². The minimum Gasteiger partial charge on any atom is -0.493 e. The molecule has 0 fully saturated rings. The summed E-state index contributed by atoms with van der Waals surface area (Å²) in [4.78, 5) is 46.8. The van der Waals surface area contributed by atoms with Crippen LogP contribution in [-0.4, -0.2) is 56.4 Å². The minimum atomic E-state index is -1.05. The first-order chi connectivity index (χ1) is 14.3. The van der Waals surface area contributed by atoms with Crippen LogP contribution in [0.15, 0.2) is 23.4 Å². The molecule has 0 aromatic heterocycles. The summed E-state index contributed by atoms with van der Waals surface area (Å²) < 4.78 is 20.4. The molecule has 0 radical (unpaired) electrons. The zero-order valence-electron chi connectivity index (χ0n) is 16.6. The van der Waals surface area contributed by atoms with Crippen molar-refractivity contribution in [2.45, 2.75) is 13.8 Å². The molecular formula is C18H21N3O9. The molecule has 0 unspecified atom stereocenters. The van der Waals surface area contributed by atoms with E-state index in [1.54, 1.807) is 13.8 Å². The van der Waals surface area contributed by atoms with E-state index < -0.39 is 35.2 Å². The Morgan fingerprint density at radius 3 is 2.47 bits per heavy atom. The molecule has 0 saturated heterocycles. The van der Waals surface area contributed by atoms with E-state index in [1.807, 2.05) is 0 Å². The van der Waals surface area contributed by atoms with Crippen LogP contribution in [0, 0.1) is 10.1 Å². The van der Waals surface area contributed by atoms with Crippen molar-refractivity contribution in [2.75, 3.05) is 33.5 Å². The van der Waals surface area contributed by atoms with Crippen LogP contribution >= 0.6 is 0 Å². The van der Waals surface area contributed by atoms with Gasteiger partial charge >= 0.3 is 18.0 Å². The first-order valence-electron chi connectivity index (χ1n) is 8.92. The summed E-state index contributed by atoms with van der Waals surface area (Å²) in [6.45, 7) is 3.04. The number of hydrogen-bond donors (Lipinski definition) is 2. The van der Waals surface area contributed by atoms with E-state index in [1.165, 1.54) is 7.11 Å². The molecule has 2 amide bonds. The molecule has 0 atom stereocenters. The lowest BCUT2D eigenvalue weighted by Gasteiger charge is -2.21. The average molecular weight is 423 g/mol. The quantitative estimate of drug-likeness (QED) is 0.339. The number of urea groups is 1. The van der Waals surface area contributed by atoms with Crippen LogP contribution in [-0.2, 0) is 14.3 Å². The molecule has 0 bridgehead atoms. The largest absolute Gasteiger partial charge is 0.493 e. The first kappa shape index (κ1) is 22.5. The van der Waals surface area contributed by atoms with E-state index in [9.17, 15) is 24.5 Å². The van der Waals surface area contributed by atoms with Gasteiger partial charge in [0.25, 0.3) is 5.69 Å². The number of benzene rings is 1. The number of nitrogens with zero attached hydrogens (tertiary/aromatic N) is 1. The summed E-state index contributed by atoms with van der Waals surface area (Å²) in [7, 11) is 1.31. The second kappa shape index (κ2) is 10.1. The van der Waals surface area contributed by atoms with E-state index in [0.717, 1.165) is 12.1 Å². The summed E-state index contributed by atoms with van der Waals surface area (Å²) in [6, 6.07) is 1.60. The summed E-state index contributed by atoms with van der Waals surface area (Å²) in [5.74, 6) is -1.53. The lowest BCUT2D eigenvalue weighted by Crippen LogP contribution is -2.45. The number of nitrogens with one attached hydrogen (secondary N) is 2. The Morgan fingerprint density at radius 1 is 1.13 bits per heavy atom. The topological polar surface area (TPSA) is 155 Å². The molecule has 12 heteroatoms. The summed E-state index contributed by atoms with van der Waals surface area (Å²) in [5.41, 5.74) is -0.827. The Bertz CT molecular complexity index is 895. The Kier molecular flexibility index (Phi) is 7.56. The second-order valence-corrected chi connectivity index (χ2v) is 5.77. The molecule has 1 aromatic carbocycles. The summed E-state index contributed by atoms with van der Waals surface area (Å²) >= 11 is 0. The van der Waals surface area contributed by atoms with Crippen LogP contribution in [0.5, 0.6) is 11.5 Å². The second-order valence-electron chi connectivity index (χ2n) is 5.77. The van der Waals surface area contributed by atoms with Crippen LogP contribution in [0.25, 0.3) is 0 Å². The van der Waals surface area contributed by atoms with Gasteiger partial charge in [0.1, 0.15) is 12.2 Å². The standard InChI is InChI=1S/C18H21N3O9/c1-4-28-15-6-10(13(21(25)26)7-14(15)27-3)16(22)30-9-12-11(17(23)29-5-2)8-19-18(24)20-12/h6-7H,4-5,8-9H2,1-3H3,(H2,19,20,24). The fourth-order valence-electron chi connectivity index (χ4n) is 2.58. The lowest BCUT2D eigenvalue weighted by molar-refractivity contribution is -0.385. The highest BCUT2D eigenvalue weighted by Crippen LogP contribution is 2.35. The van der Waals surface area contributed by atoms with Gasteiger partial charge in [0.2, 0.25) is 0 Å². The molecule has 0 saturated carbocycles. The third kappa shape index (κ3) is 5.16. The molecule has 12 nitrogen and oxygen atoms in total. The fraction of sp³-hybridized carbons (Fsp3) is 0.389. The number of hydrogen-bond acceptors (Lipinski definition) is 9. The maximum Gasteiger partial charge on any atom is 0.345 e. The highest BCUT2D eigenvalue weighted by Gasteiger charge is 2.28. The third-order valence-electron chi connectivity index (χ3n) is 3.92. The van der Waals surface area contributed by atoms with Crippen molar-refractivity contribution in [3.63, 3.8) is 0 Å². The van der Waals surface area contributed by atoms with Crippen molar-refractivity contribution in [3.8, 4) is 11.5 Å². The van der Waals surface area contributed by atoms with Crippen LogP contribution in [0.1, 0.15) is 24.2 Å². The molecule has 1 aromatic rings. The Labute approximate surface area is 171 Å². The number of nitro benzene ring substituents is 1. The molecule has 30 heavy (non-hydrogen) atoms. The third-order valence-corrected chi connectivity index (χ3v) is 3.92. The van der Waals surface area contributed by atoms with Gasteiger partial charge in [-0.1, -0.05) is 0 Å². The van der Waals surface area contributed by atoms with E-state index in [2.05, 4.69) is 10.6 Å². The number of esters is 2. The molecule has 1 aliphatic heterocycles. The van der Waals surface area contributed by atoms with Crippen molar-refractivity contribution >= 4 is 23.7 Å². The van der Waals surface area contributed by atoms with Gasteiger partial charge in [-0.15, -0.1) is 0 Å². The zero-order chi connectivity index (χ0) is 22.3. The number of ether oxygens (including phenoxy) is 4. The van der Waals surface area contributed by atoms with Crippen LogP contribution in [0.2, 0.25) is 0 Å². The Balaban J connectivity index is 2.31. The molecule has 0 spiro atoms. The zero-order valence-corrected chi connectivity index (χ0v) is 16.6. The van der Waals surface area contributed by atoms with Gasteiger partial charge in [-0.25, -0.2) is 14.4 Å². The number of amides is 2. The summed E-state index contributed by atoms with van der Waals surface area (Å²) in [5, 5.41) is 16.2. The van der Waals surface area contributed by atoms with Gasteiger partial charge in [-0.2, -0.15) is 0 Å². The van der Waals surface area contributed by atoms with Crippen molar-refractivity contribution in [2.24, 2.45) is 0 Å². The molecule has 2 rings (SSSR count). The molecule has 1 heterocycles. The normalized spacial score (nSPS) is 13.1. The Hall–Kier alpha value is -3.83. The number of methoxy groups -OCH3 is 1. The SMILES string of the molecule is CCOC(=O)C1=C(COC(=O)c2cc(OCC)c(OC)cc2[N+](=O)[O-])NC(=O)NC1. The average Bonchev–Trinajstić information content (AvgIpc) is 2.71. The van der Waals surface area contributed by atoms with Crippen molar-refractivity contribution in [3.05, 3.63) is 39.1 Å². The van der Waals surface area contributed by atoms with Crippen LogP contribution < -0.4 is 20.1 Å². The molecule has 2 N–H and O–H groups in total. The van der Waals surface area contributed by atoms with Crippen LogP contribution in [0.4, 0.5) is 10.5 Å². The van der Waals surface area contributed by atoms with Crippen LogP contribution in [0.3, 0.4) is 0 Å². The van der Waals surface area contributed by atoms with Gasteiger partial charge in [0.05, 0.1) is 49.1 Å². The van der Waals surface area contributed by atoms with Crippen molar-refractivity contribution < 1.29 is 38.3 Å². The van der Waals surface area contributed by atoms with Gasteiger partial charge in [0, 0.05) is 6.07 Å². The van der Waals surface area contributed by atoms with E-state index in [0.29, 0.717) is 0 Å². The number of carbonyl (C=O) groups excluding carboxylic acids is 3. The van der Waals surface area contributed by atoms with Gasteiger partial charge in [-0.05, 0) is 13.8 Å².